The highest BCUT2D eigenvalue weighted by Gasteiger charge is 2.24. The van der Waals surface area contributed by atoms with Crippen LogP contribution in [0.25, 0.3) is 10.2 Å². The lowest BCUT2D eigenvalue weighted by Gasteiger charge is -2.36. The van der Waals surface area contributed by atoms with E-state index in [1.165, 1.54) is 21.7 Å². The first-order valence-corrected chi connectivity index (χ1v) is 13.3. The minimum atomic E-state index is 0.131. The van der Waals surface area contributed by atoms with Gasteiger partial charge in [0.2, 0.25) is 0 Å². The van der Waals surface area contributed by atoms with Crippen molar-refractivity contribution in [3.63, 3.8) is 0 Å². The van der Waals surface area contributed by atoms with E-state index in [9.17, 15) is 4.79 Å². The van der Waals surface area contributed by atoms with Crippen molar-refractivity contribution in [1.29, 1.82) is 0 Å². The average molecular weight is 486 g/mol. The maximum absolute atomic E-state index is 13.4. The first-order valence-electron chi connectivity index (χ1n) is 12.5. The molecule has 0 spiro atoms. The highest BCUT2D eigenvalue weighted by atomic mass is 32.1. The van der Waals surface area contributed by atoms with Gasteiger partial charge in [-0.1, -0.05) is 48.5 Å². The van der Waals surface area contributed by atoms with Crippen molar-refractivity contribution in [1.82, 2.24) is 19.4 Å². The molecule has 0 saturated carbocycles. The molecule has 0 unspecified atom stereocenters. The summed E-state index contributed by atoms with van der Waals surface area (Å²) in [6.45, 7) is 8.48. The predicted octanol–water partition coefficient (Wildman–Crippen LogP) is 3.84. The Morgan fingerprint density at radius 1 is 0.829 bits per heavy atom. The van der Waals surface area contributed by atoms with E-state index in [0.717, 1.165) is 69.0 Å². The van der Waals surface area contributed by atoms with E-state index in [1.807, 2.05) is 4.57 Å². The molecule has 0 aliphatic carbocycles. The van der Waals surface area contributed by atoms with Crippen LogP contribution in [0.1, 0.15) is 16.0 Å². The number of fused-ring (bicyclic) bond motifs is 3. The van der Waals surface area contributed by atoms with Crippen molar-refractivity contribution in [3.05, 3.63) is 93.3 Å². The lowest BCUT2D eigenvalue weighted by molar-refractivity contribution is 0.246. The molecule has 0 N–H and O–H groups in total. The number of piperazine rings is 1. The zero-order valence-electron chi connectivity index (χ0n) is 20.0. The van der Waals surface area contributed by atoms with Gasteiger partial charge in [0.05, 0.1) is 11.7 Å². The molecule has 2 aromatic carbocycles. The van der Waals surface area contributed by atoms with Gasteiger partial charge in [-0.25, -0.2) is 4.98 Å². The fourth-order valence-corrected chi connectivity index (χ4v) is 6.55. The molecular formula is C28H31N5OS. The quantitative estimate of drug-likeness (QED) is 0.415. The number of aromatic nitrogens is 2. The van der Waals surface area contributed by atoms with Crippen LogP contribution in [0.15, 0.2) is 71.8 Å². The fourth-order valence-electron chi connectivity index (χ4n) is 5.33. The van der Waals surface area contributed by atoms with Gasteiger partial charge < -0.3 is 4.90 Å². The van der Waals surface area contributed by atoms with Crippen LogP contribution in [0.3, 0.4) is 0 Å². The van der Waals surface area contributed by atoms with Crippen LogP contribution in [0, 0.1) is 0 Å². The molecule has 2 aliphatic heterocycles. The van der Waals surface area contributed by atoms with Gasteiger partial charge in [-0.2, -0.15) is 0 Å². The second-order valence-electron chi connectivity index (χ2n) is 9.54. The summed E-state index contributed by atoms with van der Waals surface area (Å²) in [7, 11) is 0. The van der Waals surface area contributed by atoms with Gasteiger partial charge in [-0.05, 0) is 29.7 Å². The number of hydrogen-bond donors (Lipinski definition) is 0. The first kappa shape index (κ1) is 22.5. The monoisotopic (exact) mass is 485 g/mol. The summed E-state index contributed by atoms with van der Waals surface area (Å²) in [5, 5.41) is 0.862. The van der Waals surface area contributed by atoms with Crippen LogP contribution < -0.4 is 10.5 Å². The van der Waals surface area contributed by atoms with Crippen molar-refractivity contribution >= 4 is 27.2 Å². The molecule has 0 atom stereocenters. The number of benzene rings is 2. The van der Waals surface area contributed by atoms with Crippen LogP contribution in [0.4, 0.5) is 5.69 Å². The summed E-state index contributed by atoms with van der Waals surface area (Å²) < 4.78 is 1.83. The third kappa shape index (κ3) is 4.76. The zero-order chi connectivity index (χ0) is 23.6. The molecule has 0 radical (unpaired) electrons. The third-order valence-electron chi connectivity index (χ3n) is 7.31. The standard InChI is InChI=1S/C28H31N5OS/c34-28-26-24-11-12-31(19-22-7-3-1-4-8-22)20-25(24)35-27(26)29-21-33(28)18-15-30-13-16-32(17-14-30)23-9-5-2-6-10-23/h1-10,21H,11-20H2. The van der Waals surface area contributed by atoms with Gasteiger partial charge in [0.25, 0.3) is 5.56 Å². The lowest BCUT2D eigenvalue weighted by atomic mass is 10.0. The van der Waals surface area contributed by atoms with E-state index in [2.05, 4.69) is 75.4 Å². The van der Waals surface area contributed by atoms with Gasteiger partial charge in [-0.15, -0.1) is 11.3 Å². The molecule has 7 heteroatoms. The van der Waals surface area contributed by atoms with Gasteiger partial charge in [0, 0.05) is 69.5 Å². The topological polar surface area (TPSA) is 44.6 Å². The Balaban J connectivity index is 1.11. The number of rotatable bonds is 6. The van der Waals surface area contributed by atoms with E-state index in [0.29, 0.717) is 6.54 Å². The maximum atomic E-state index is 13.4. The van der Waals surface area contributed by atoms with Crippen molar-refractivity contribution in [2.24, 2.45) is 0 Å². The summed E-state index contributed by atoms with van der Waals surface area (Å²) in [5.41, 5.74) is 3.99. The van der Waals surface area contributed by atoms with Crippen LogP contribution in [-0.4, -0.2) is 58.6 Å². The maximum Gasteiger partial charge on any atom is 0.262 e. The highest BCUT2D eigenvalue weighted by molar-refractivity contribution is 7.18. The van der Waals surface area contributed by atoms with Crippen LogP contribution in [0.2, 0.25) is 0 Å². The summed E-state index contributed by atoms with van der Waals surface area (Å²) in [6, 6.07) is 21.2. The molecule has 0 amide bonds. The summed E-state index contributed by atoms with van der Waals surface area (Å²) in [6.07, 6.45) is 2.68. The van der Waals surface area contributed by atoms with Crippen LogP contribution in [0.5, 0.6) is 0 Å². The van der Waals surface area contributed by atoms with Gasteiger partial charge in [0.1, 0.15) is 4.83 Å². The molecule has 1 fully saturated rings. The third-order valence-corrected chi connectivity index (χ3v) is 8.43. The Kier molecular flexibility index (Phi) is 6.37. The average Bonchev–Trinajstić information content (AvgIpc) is 3.28. The van der Waals surface area contributed by atoms with Crippen molar-refractivity contribution in [3.8, 4) is 0 Å². The van der Waals surface area contributed by atoms with E-state index < -0.39 is 0 Å². The molecule has 2 aromatic heterocycles. The molecular weight excluding hydrogens is 454 g/mol. The number of nitrogens with zero attached hydrogens (tertiary/aromatic N) is 5. The summed E-state index contributed by atoms with van der Waals surface area (Å²) in [5.74, 6) is 0. The molecule has 6 rings (SSSR count). The first-order chi connectivity index (χ1) is 17.2. The summed E-state index contributed by atoms with van der Waals surface area (Å²) >= 11 is 1.70. The summed E-state index contributed by atoms with van der Waals surface area (Å²) in [4.78, 5) is 27.7. The largest absolute Gasteiger partial charge is 0.369 e. The van der Waals surface area contributed by atoms with Crippen LogP contribution in [-0.2, 0) is 26.1 Å². The minimum absolute atomic E-state index is 0.131. The van der Waals surface area contributed by atoms with Crippen LogP contribution >= 0.6 is 11.3 Å². The SMILES string of the molecule is O=c1c2c3c(sc2ncn1CCN1CCN(c2ccccc2)CC1)CN(Cc1ccccc1)CC3. The Morgan fingerprint density at radius 3 is 2.34 bits per heavy atom. The van der Waals surface area contributed by atoms with Crippen molar-refractivity contribution in [2.45, 2.75) is 26.1 Å². The molecule has 0 bridgehead atoms. The van der Waals surface area contributed by atoms with Gasteiger partial charge in [0.15, 0.2) is 0 Å². The number of para-hydroxylation sites is 1. The molecule has 4 aromatic rings. The smallest absolute Gasteiger partial charge is 0.262 e. The minimum Gasteiger partial charge on any atom is -0.369 e. The van der Waals surface area contributed by atoms with E-state index in [1.54, 1.807) is 17.7 Å². The van der Waals surface area contributed by atoms with E-state index in [-0.39, 0.29) is 5.56 Å². The Labute approximate surface area is 210 Å². The lowest BCUT2D eigenvalue weighted by Crippen LogP contribution is -2.47. The van der Waals surface area contributed by atoms with Gasteiger partial charge in [-0.3, -0.25) is 19.2 Å². The highest BCUT2D eigenvalue weighted by Crippen LogP contribution is 2.32. The van der Waals surface area contributed by atoms with E-state index in [4.69, 9.17) is 4.98 Å². The van der Waals surface area contributed by atoms with Crippen molar-refractivity contribution in [2.75, 3.05) is 44.2 Å². The molecule has 2 aliphatic rings. The van der Waals surface area contributed by atoms with Crippen molar-refractivity contribution < 1.29 is 0 Å². The second-order valence-corrected chi connectivity index (χ2v) is 10.6. The molecule has 6 nitrogen and oxygen atoms in total. The van der Waals surface area contributed by atoms with Gasteiger partial charge >= 0.3 is 0 Å². The Bertz CT molecular complexity index is 1340. The fraction of sp³-hybridized carbons (Fsp3) is 0.357. The number of anilines is 1. The number of hydrogen-bond acceptors (Lipinski definition) is 6. The molecule has 35 heavy (non-hydrogen) atoms. The number of thiophene rings is 1. The normalized spacial score (nSPS) is 17.1. The Morgan fingerprint density at radius 2 is 1.57 bits per heavy atom. The zero-order valence-corrected chi connectivity index (χ0v) is 20.8. The Hall–Kier alpha value is -3.00. The molecule has 180 valence electrons. The van der Waals surface area contributed by atoms with E-state index >= 15 is 0 Å². The molecule has 1 saturated heterocycles. The predicted molar refractivity (Wildman–Crippen MR) is 143 cm³/mol. The second kappa shape index (κ2) is 9.93. The molecule has 4 heterocycles.